The molecule has 0 spiro atoms. The van der Waals surface area contributed by atoms with Crippen molar-refractivity contribution in [2.75, 3.05) is 58.4 Å². The zero-order valence-corrected chi connectivity index (χ0v) is 20.7. The Labute approximate surface area is 206 Å². The van der Waals surface area contributed by atoms with E-state index < -0.39 is 0 Å². The number of rotatable bonds is 9. The van der Waals surface area contributed by atoms with Gasteiger partial charge >= 0.3 is 0 Å². The fourth-order valence-electron chi connectivity index (χ4n) is 4.26. The lowest BCUT2D eigenvalue weighted by atomic mass is 10.1. The van der Waals surface area contributed by atoms with Gasteiger partial charge in [-0.2, -0.15) is 0 Å². The van der Waals surface area contributed by atoms with Gasteiger partial charge in [-0.25, -0.2) is 4.39 Å². The number of aryl methyl sites for hydroxylation is 1. The first kappa shape index (κ1) is 24.9. The third kappa shape index (κ3) is 6.07. The van der Waals surface area contributed by atoms with Crippen molar-refractivity contribution in [1.29, 1.82) is 0 Å². The van der Waals surface area contributed by atoms with Crippen LogP contribution in [0.5, 0.6) is 0 Å². The number of hydrogen-bond acceptors (Lipinski definition) is 6. The van der Waals surface area contributed by atoms with Gasteiger partial charge < -0.3 is 24.0 Å². The molecule has 0 radical (unpaired) electrons. The molecule has 0 N–H and O–H groups in total. The Bertz CT molecular complexity index is 1110. The van der Waals surface area contributed by atoms with Crippen molar-refractivity contribution in [2.24, 2.45) is 0 Å². The van der Waals surface area contributed by atoms with E-state index in [9.17, 15) is 9.18 Å². The van der Waals surface area contributed by atoms with Gasteiger partial charge in [0.15, 0.2) is 0 Å². The van der Waals surface area contributed by atoms with E-state index in [1.807, 2.05) is 36.1 Å². The summed E-state index contributed by atoms with van der Waals surface area (Å²) in [5.74, 6) is 0.302. The second-order valence-electron chi connectivity index (χ2n) is 9.05. The van der Waals surface area contributed by atoms with Crippen LogP contribution in [0.25, 0.3) is 11.3 Å². The Morgan fingerprint density at radius 1 is 1.09 bits per heavy atom. The minimum Gasteiger partial charge on any atom is -0.385 e. The summed E-state index contributed by atoms with van der Waals surface area (Å²) in [6.07, 6.45) is 0.703. The molecule has 2 aromatic carbocycles. The van der Waals surface area contributed by atoms with E-state index in [-0.39, 0.29) is 11.7 Å². The lowest BCUT2D eigenvalue weighted by molar-refractivity contribution is 0.0724. The lowest BCUT2D eigenvalue weighted by Gasteiger charge is -2.33. The number of amides is 1. The van der Waals surface area contributed by atoms with Crippen LogP contribution in [-0.4, -0.2) is 74.4 Å². The van der Waals surface area contributed by atoms with E-state index in [0.717, 1.165) is 42.9 Å². The average molecular weight is 481 g/mol. The van der Waals surface area contributed by atoms with Gasteiger partial charge in [-0.1, -0.05) is 22.9 Å². The quantitative estimate of drug-likeness (QED) is 0.428. The average Bonchev–Trinajstić information content (AvgIpc) is 3.28. The van der Waals surface area contributed by atoms with Crippen LogP contribution < -0.4 is 4.90 Å². The Morgan fingerprint density at radius 3 is 2.43 bits per heavy atom. The summed E-state index contributed by atoms with van der Waals surface area (Å²) < 4.78 is 24.7. The van der Waals surface area contributed by atoms with Gasteiger partial charge in [-0.05, 0) is 56.8 Å². The van der Waals surface area contributed by atoms with Crippen molar-refractivity contribution in [3.05, 3.63) is 71.0 Å². The number of methoxy groups -OCH3 is 1. The maximum absolute atomic E-state index is 13.6. The predicted octanol–water partition coefficient (Wildman–Crippen LogP) is 4.22. The smallest absolute Gasteiger partial charge is 0.254 e. The first-order chi connectivity index (χ1) is 17.0. The largest absolute Gasteiger partial charge is 0.385 e. The summed E-state index contributed by atoms with van der Waals surface area (Å²) in [4.78, 5) is 19.8. The molecule has 1 aromatic heterocycles. The van der Waals surface area contributed by atoms with E-state index in [1.165, 1.54) is 12.1 Å². The van der Waals surface area contributed by atoms with Crippen molar-refractivity contribution in [1.82, 2.24) is 15.0 Å². The third-order valence-electron chi connectivity index (χ3n) is 6.39. The fourth-order valence-corrected chi connectivity index (χ4v) is 4.26. The second-order valence-corrected chi connectivity index (χ2v) is 9.05. The first-order valence-corrected chi connectivity index (χ1v) is 12.0. The van der Waals surface area contributed by atoms with Crippen LogP contribution in [0.2, 0.25) is 0 Å². The molecule has 186 valence electrons. The molecule has 1 fully saturated rings. The van der Waals surface area contributed by atoms with Crippen LogP contribution in [0.1, 0.15) is 27.9 Å². The van der Waals surface area contributed by atoms with Gasteiger partial charge in [-0.3, -0.25) is 4.79 Å². The highest BCUT2D eigenvalue weighted by molar-refractivity contribution is 5.94. The third-order valence-corrected chi connectivity index (χ3v) is 6.39. The molecule has 35 heavy (non-hydrogen) atoms. The number of benzene rings is 2. The van der Waals surface area contributed by atoms with Crippen LogP contribution in [0.15, 0.2) is 53.1 Å². The van der Waals surface area contributed by atoms with Gasteiger partial charge in [0.1, 0.15) is 11.5 Å². The predicted molar refractivity (Wildman–Crippen MR) is 134 cm³/mol. The molecule has 1 aliphatic rings. The van der Waals surface area contributed by atoms with E-state index in [4.69, 9.17) is 9.26 Å². The van der Waals surface area contributed by atoms with Gasteiger partial charge in [0.05, 0.1) is 12.1 Å². The molecule has 1 saturated heterocycles. The highest BCUT2D eigenvalue weighted by atomic mass is 19.1. The normalized spacial score (nSPS) is 14.3. The number of carbonyl (C=O) groups is 1. The fraction of sp³-hybridized carbons (Fsp3) is 0.407. The number of nitrogens with zero attached hydrogens (tertiary/aromatic N) is 4. The van der Waals surface area contributed by atoms with Crippen LogP contribution >= 0.6 is 0 Å². The number of anilines is 1. The van der Waals surface area contributed by atoms with Crippen LogP contribution in [0.4, 0.5) is 10.3 Å². The molecule has 0 saturated carbocycles. The van der Waals surface area contributed by atoms with Crippen LogP contribution in [0, 0.1) is 12.7 Å². The zero-order chi connectivity index (χ0) is 24.8. The molecule has 2 heterocycles. The highest BCUT2D eigenvalue weighted by Crippen LogP contribution is 2.33. The Balaban J connectivity index is 1.70. The Hall–Kier alpha value is -3.23. The monoisotopic (exact) mass is 480 g/mol. The van der Waals surface area contributed by atoms with Crippen LogP contribution in [0.3, 0.4) is 0 Å². The summed E-state index contributed by atoms with van der Waals surface area (Å²) >= 11 is 0. The first-order valence-electron chi connectivity index (χ1n) is 12.0. The van der Waals surface area contributed by atoms with Gasteiger partial charge in [0, 0.05) is 57.6 Å². The maximum atomic E-state index is 13.6. The number of likely N-dealkylation sites (N-methyl/N-ethyl adjacent to an activating group) is 1. The number of aromatic nitrogens is 1. The Morgan fingerprint density at radius 2 is 1.77 bits per heavy atom. The molecule has 7 nitrogen and oxygen atoms in total. The molecule has 1 aliphatic heterocycles. The van der Waals surface area contributed by atoms with E-state index in [0.29, 0.717) is 43.3 Å². The van der Waals surface area contributed by atoms with Crippen molar-refractivity contribution in [3.63, 3.8) is 0 Å². The molecule has 0 unspecified atom stereocenters. The summed E-state index contributed by atoms with van der Waals surface area (Å²) in [5.41, 5.74) is 3.95. The molecule has 8 heteroatoms. The molecule has 3 aromatic rings. The molecular formula is C27H33FN4O3. The summed E-state index contributed by atoms with van der Waals surface area (Å²) in [6.45, 7) is 6.83. The maximum Gasteiger partial charge on any atom is 0.254 e. The Kier molecular flexibility index (Phi) is 8.15. The number of piperazine rings is 1. The number of halogens is 1. The standard InChI is InChI=1S/C27H33FN4O3/c1-20-5-7-22(8-6-20)26(33)32(13-4-18-34-3)19-24-25(21-9-11-23(28)12-10-21)29-35-27(24)31-16-14-30(2)15-17-31/h5-12H,4,13-19H2,1-3H3. The molecule has 0 atom stereocenters. The van der Waals surface area contributed by atoms with Crippen molar-refractivity contribution in [2.45, 2.75) is 19.9 Å². The number of carbonyl (C=O) groups excluding carboxylic acids is 1. The van der Waals surface area contributed by atoms with E-state index in [1.54, 1.807) is 19.2 Å². The van der Waals surface area contributed by atoms with Gasteiger partial charge in [0.2, 0.25) is 5.88 Å². The second kappa shape index (κ2) is 11.5. The molecule has 4 rings (SSSR count). The van der Waals surface area contributed by atoms with Crippen molar-refractivity contribution < 1.29 is 18.4 Å². The lowest BCUT2D eigenvalue weighted by Crippen LogP contribution is -2.45. The minimum absolute atomic E-state index is 0.0586. The molecule has 0 aliphatic carbocycles. The summed E-state index contributed by atoms with van der Waals surface area (Å²) in [5, 5.41) is 4.39. The SMILES string of the molecule is COCCCN(Cc1c(-c2ccc(F)cc2)noc1N1CCN(C)CC1)C(=O)c1ccc(C)cc1. The van der Waals surface area contributed by atoms with E-state index in [2.05, 4.69) is 22.0 Å². The van der Waals surface area contributed by atoms with E-state index >= 15 is 0 Å². The molecule has 0 bridgehead atoms. The van der Waals surface area contributed by atoms with Crippen molar-refractivity contribution in [3.8, 4) is 11.3 Å². The molecular weight excluding hydrogens is 447 g/mol. The van der Waals surface area contributed by atoms with Gasteiger partial charge in [0.25, 0.3) is 5.91 Å². The summed E-state index contributed by atoms with van der Waals surface area (Å²) in [6, 6.07) is 13.8. The summed E-state index contributed by atoms with van der Waals surface area (Å²) in [7, 11) is 3.75. The number of hydrogen-bond donors (Lipinski definition) is 0. The van der Waals surface area contributed by atoms with Crippen molar-refractivity contribution >= 4 is 11.8 Å². The van der Waals surface area contributed by atoms with Gasteiger partial charge in [-0.15, -0.1) is 0 Å². The molecule has 1 amide bonds. The number of ether oxygens (including phenoxy) is 1. The topological polar surface area (TPSA) is 62.1 Å². The minimum atomic E-state index is -0.311. The zero-order valence-electron chi connectivity index (χ0n) is 20.7. The highest BCUT2D eigenvalue weighted by Gasteiger charge is 2.28. The van der Waals surface area contributed by atoms with Crippen LogP contribution in [-0.2, 0) is 11.3 Å².